The Kier molecular flexibility index (Phi) is 4.48. The molecule has 2 aliphatic rings. The molecular formula is C16H31NO2Si. The molecule has 0 unspecified atom stereocenters. The normalized spacial score (nSPS) is 32.0. The fraction of sp³-hybridized carbons (Fsp3) is 0.938. The molecule has 1 aliphatic heterocycles. The lowest BCUT2D eigenvalue weighted by atomic mass is 9.84. The molecule has 1 saturated heterocycles. The molecule has 3 nitrogen and oxygen atoms in total. The number of rotatable bonds is 3. The molecular weight excluding hydrogens is 266 g/mol. The summed E-state index contributed by atoms with van der Waals surface area (Å²) in [5.74, 6) is 0.439. The van der Waals surface area contributed by atoms with Gasteiger partial charge in [-0.15, -0.1) is 0 Å². The van der Waals surface area contributed by atoms with E-state index in [1.54, 1.807) is 0 Å². The van der Waals surface area contributed by atoms with Crippen molar-refractivity contribution in [3.63, 3.8) is 0 Å². The lowest BCUT2D eigenvalue weighted by Crippen LogP contribution is -2.58. The summed E-state index contributed by atoms with van der Waals surface area (Å²) in [6.07, 6.45) is 6.18. The van der Waals surface area contributed by atoms with Gasteiger partial charge in [-0.1, -0.05) is 20.8 Å². The summed E-state index contributed by atoms with van der Waals surface area (Å²) < 4.78 is 6.34. The highest BCUT2D eigenvalue weighted by Crippen LogP contribution is 2.38. The van der Waals surface area contributed by atoms with Crippen molar-refractivity contribution in [3.05, 3.63) is 0 Å². The third-order valence-corrected chi connectivity index (χ3v) is 10.1. The van der Waals surface area contributed by atoms with Crippen LogP contribution in [0.15, 0.2) is 0 Å². The molecule has 1 saturated carbocycles. The fourth-order valence-corrected chi connectivity index (χ4v) is 4.23. The van der Waals surface area contributed by atoms with Crippen LogP contribution in [0.3, 0.4) is 0 Å². The second-order valence-corrected chi connectivity index (χ2v) is 13.0. The Morgan fingerprint density at radius 1 is 1.30 bits per heavy atom. The lowest BCUT2D eigenvalue weighted by Gasteiger charge is -2.41. The van der Waals surface area contributed by atoms with Crippen molar-refractivity contribution in [3.8, 4) is 0 Å². The molecule has 20 heavy (non-hydrogen) atoms. The van der Waals surface area contributed by atoms with Gasteiger partial charge < -0.3 is 4.43 Å². The molecule has 0 radical (unpaired) electrons. The van der Waals surface area contributed by atoms with Crippen LogP contribution < -0.4 is 5.32 Å². The summed E-state index contributed by atoms with van der Waals surface area (Å²) in [5.41, 5.74) is -0.195. The van der Waals surface area contributed by atoms with E-state index < -0.39 is 8.32 Å². The number of carbonyl (C=O) groups is 1. The van der Waals surface area contributed by atoms with Crippen molar-refractivity contribution in [2.75, 3.05) is 6.61 Å². The van der Waals surface area contributed by atoms with E-state index in [2.05, 4.69) is 39.2 Å². The summed E-state index contributed by atoms with van der Waals surface area (Å²) in [6.45, 7) is 12.2. The van der Waals surface area contributed by atoms with E-state index in [0.29, 0.717) is 11.8 Å². The van der Waals surface area contributed by atoms with Crippen molar-refractivity contribution in [2.45, 2.75) is 89.0 Å². The topological polar surface area (TPSA) is 38.3 Å². The largest absolute Gasteiger partial charge is 0.415 e. The average Bonchev–Trinajstić information content (AvgIpc) is 2.67. The highest BCUT2D eigenvalue weighted by Gasteiger charge is 2.45. The Balaban J connectivity index is 1.93. The first kappa shape index (κ1) is 16.2. The van der Waals surface area contributed by atoms with Crippen molar-refractivity contribution in [1.29, 1.82) is 0 Å². The molecule has 1 aliphatic carbocycles. The summed E-state index contributed by atoms with van der Waals surface area (Å²) in [6, 6.07) is 0.361. The zero-order valence-electron chi connectivity index (χ0n) is 13.8. The first-order chi connectivity index (χ1) is 9.16. The van der Waals surface area contributed by atoms with Gasteiger partial charge in [0.2, 0.25) is 0 Å². The van der Waals surface area contributed by atoms with Crippen molar-refractivity contribution >= 4 is 14.1 Å². The zero-order chi connectivity index (χ0) is 15.0. The molecule has 0 bridgehead atoms. The van der Waals surface area contributed by atoms with Crippen LogP contribution in [0.1, 0.15) is 59.3 Å². The molecule has 1 spiro atoms. The quantitative estimate of drug-likeness (QED) is 0.808. The van der Waals surface area contributed by atoms with Crippen LogP contribution >= 0.6 is 0 Å². The number of nitrogens with one attached hydrogen (secondary N) is 1. The Labute approximate surface area is 125 Å². The van der Waals surface area contributed by atoms with E-state index in [4.69, 9.17) is 4.43 Å². The monoisotopic (exact) mass is 297 g/mol. The Hall–Kier alpha value is -0.193. The molecule has 2 fully saturated rings. The van der Waals surface area contributed by atoms with E-state index in [-0.39, 0.29) is 10.6 Å². The number of piperidine rings is 1. The minimum atomic E-state index is -1.68. The van der Waals surface area contributed by atoms with E-state index in [9.17, 15) is 4.79 Å². The lowest BCUT2D eigenvalue weighted by molar-refractivity contribution is -0.124. The Bertz CT molecular complexity index is 375. The summed E-state index contributed by atoms with van der Waals surface area (Å²) >= 11 is 0. The van der Waals surface area contributed by atoms with E-state index in [1.807, 2.05) is 0 Å². The van der Waals surface area contributed by atoms with Gasteiger partial charge in [0.25, 0.3) is 0 Å². The van der Waals surface area contributed by atoms with Gasteiger partial charge in [0.05, 0.1) is 5.54 Å². The molecule has 2 atom stereocenters. The second-order valence-electron chi connectivity index (χ2n) is 8.16. The summed E-state index contributed by atoms with van der Waals surface area (Å²) in [7, 11) is -1.68. The maximum absolute atomic E-state index is 12.2. The van der Waals surface area contributed by atoms with Gasteiger partial charge in [-0.25, -0.2) is 0 Å². The van der Waals surface area contributed by atoms with Gasteiger partial charge in [0.15, 0.2) is 14.1 Å². The molecule has 0 aromatic heterocycles. The third-order valence-electron chi connectivity index (χ3n) is 5.63. The standard InChI is InChI=1S/C16H31NO2Si/c1-15(2,3)20(4,5)19-12-13-8-6-10-16(17-13)11-7-9-14(16)18/h13,17H,6-12H2,1-5H3/t13-,16-/m1/s1. The van der Waals surface area contributed by atoms with Gasteiger partial charge in [-0.2, -0.15) is 0 Å². The highest BCUT2D eigenvalue weighted by molar-refractivity contribution is 6.74. The van der Waals surface area contributed by atoms with Crippen LogP contribution in [-0.4, -0.2) is 32.3 Å². The second kappa shape index (κ2) is 5.54. The predicted molar refractivity (Wildman–Crippen MR) is 85.5 cm³/mol. The van der Waals surface area contributed by atoms with E-state index in [0.717, 1.165) is 45.1 Å². The van der Waals surface area contributed by atoms with Crippen LogP contribution in [0.5, 0.6) is 0 Å². The smallest absolute Gasteiger partial charge is 0.192 e. The maximum atomic E-state index is 12.2. The van der Waals surface area contributed by atoms with Crippen LogP contribution in [0.4, 0.5) is 0 Å². The summed E-state index contributed by atoms with van der Waals surface area (Å²) in [5, 5.41) is 3.90. The number of ketones is 1. The molecule has 116 valence electrons. The fourth-order valence-electron chi connectivity index (χ4n) is 3.18. The SMILES string of the molecule is CC(C)(C)[Si](C)(C)OC[C@H]1CCC[C@]2(CCCC2=O)N1. The third kappa shape index (κ3) is 3.17. The zero-order valence-corrected chi connectivity index (χ0v) is 14.8. The van der Waals surface area contributed by atoms with Crippen molar-refractivity contribution in [1.82, 2.24) is 5.32 Å². The van der Waals surface area contributed by atoms with E-state index >= 15 is 0 Å². The molecule has 2 rings (SSSR count). The van der Waals surface area contributed by atoms with Crippen LogP contribution in [0, 0.1) is 0 Å². The van der Waals surface area contributed by atoms with Gasteiger partial charge in [0.1, 0.15) is 0 Å². The van der Waals surface area contributed by atoms with Crippen molar-refractivity contribution < 1.29 is 9.22 Å². The van der Waals surface area contributed by atoms with Crippen LogP contribution in [0.25, 0.3) is 0 Å². The van der Waals surface area contributed by atoms with Gasteiger partial charge in [-0.05, 0) is 50.2 Å². The van der Waals surface area contributed by atoms with Gasteiger partial charge >= 0.3 is 0 Å². The number of hydrogen-bond donors (Lipinski definition) is 1. The highest BCUT2D eigenvalue weighted by atomic mass is 28.4. The molecule has 1 heterocycles. The average molecular weight is 298 g/mol. The molecule has 0 aromatic rings. The van der Waals surface area contributed by atoms with Crippen LogP contribution in [-0.2, 0) is 9.22 Å². The van der Waals surface area contributed by atoms with Gasteiger partial charge in [-0.3, -0.25) is 10.1 Å². The van der Waals surface area contributed by atoms with E-state index in [1.165, 1.54) is 0 Å². The first-order valence-electron chi connectivity index (χ1n) is 8.11. The summed E-state index contributed by atoms with van der Waals surface area (Å²) in [4.78, 5) is 12.2. The molecule has 0 amide bonds. The van der Waals surface area contributed by atoms with Crippen LogP contribution in [0.2, 0.25) is 18.1 Å². The minimum absolute atomic E-state index is 0.195. The Morgan fingerprint density at radius 3 is 2.50 bits per heavy atom. The Morgan fingerprint density at radius 2 is 1.95 bits per heavy atom. The number of carbonyl (C=O) groups excluding carboxylic acids is 1. The first-order valence-corrected chi connectivity index (χ1v) is 11.0. The van der Waals surface area contributed by atoms with Crippen molar-refractivity contribution in [2.24, 2.45) is 0 Å². The maximum Gasteiger partial charge on any atom is 0.192 e. The minimum Gasteiger partial charge on any atom is -0.415 e. The molecule has 0 aromatic carbocycles. The van der Waals surface area contributed by atoms with Gasteiger partial charge in [0, 0.05) is 19.1 Å². The number of Topliss-reactive ketones (excluding diaryl/α,β-unsaturated/α-hetero) is 1. The molecule has 1 N–H and O–H groups in total. The predicted octanol–water partition coefficient (Wildman–Crippen LogP) is 3.64. The number of hydrogen-bond acceptors (Lipinski definition) is 3. The molecule has 4 heteroatoms.